The molecule has 0 aromatic rings. The fraction of sp³-hybridized carbons (Fsp3) is 0.750. The number of allylic oxidation sites excluding steroid dienone is 1. The summed E-state index contributed by atoms with van der Waals surface area (Å²) in [6.45, 7) is 4.21. The Morgan fingerprint density at radius 2 is 2.00 bits per heavy atom. The summed E-state index contributed by atoms with van der Waals surface area (Å²) in [4.78, 5) is 5.09. The maximum Gasteiger partial charge on any atom is 0.0575 e. The highest BCUT2D eigenvalue weighted by molar-refractivity contribution is 5.03. The molecule has 0 atom stereocenters. The van der Waals surface area contributed by atoms with Crippen LogP contribution in [0, 0.1) is 0 Å². The fourth-order valence-electron chi connectivity index (χ4n) is 1.24. The van der Waals surface area contributed by atoms with E-state index in [1.165, 1.54) is 12.8 Å². The number of hydrogen-bond donors (Lipinski definition) is 0. The summed E-state index contributed by atoms with van der Waals surface area (Å²) in [7, 11) is 1.74. The van der Waals surface area contributed by atoms with Crippen LogP contribution in [0.1, 0.15) is 19.8 Å². The molecule has 2 nitrogen and oxygen atoms in total. The molecule has 0 aromatic heterocycles. The highest BCUT2D eigenvalue weighted by Gasteiger charge is 2.11. The average molecular weight is 141 g/mol. The van der Waals surface area contributed by atoms with Gasteiger partial charge >= 0.3 is 0 Å². The van der Waals surface area contributed by atoms with Crippen LogP contribution in [0.3, 0.4) is 0 Å². The molecule has 58 valence electrons. The SMILES string of the molecule is CC=C1CCN(OC)CC1. The molecule has 10 heavy (non-hydrogen) atoms. The molecule has 1 aliphatic rings. The minimum absolute atomic E-state index is 1.05. The molecular weight excluding hydrogens is 126 g/mol. The number of hydrogen-bond acceptors (Lipinski definition) is 2. The fourth-order valence-corrected chi connectivity index (χ4v) is 1.24. The van der Waals surface area contributed by atoms with Crippen molar-refractivity contribution in [3.05, 3.63) is 11.6 Å². The van der Waals surface area contributed by atoms with E-state index >= 15 is 0 Å². The monoisotopic (exact) mass is 141 g/mol. The van der Waals surface area contributed by atoms with Crippen molar-refractivity contribution < 1.29 is 4.84 Å². The lowest BCUT2D eigenvalue weighted by Crippen LogP contribution is -2.29. The highest BCUT2D eigenvalue weighted by Crippen LogP contribution is 2.14. The highest BCUT2D eigenvalue weighted by atomic mass is 16.7. The molecule has 0 unspecified atom stereocenters. The first-order valence-corrected chi connectivity index (χ1v) is 3.80. The zero-order valence-corrected chi connectivity index (χ0v) is 6.76. The molecule has 1 aliphatic heterocycles. The summed E-state index contributed by atoms with van der Waals surface area (Å²) in [5, 5.41) is 2.01. The third kappa shape index (κ3) is 1.82. The van der Waals surface area contributed by atoms with E-state index in [1.54, 1.807) is 12.7 Å². The van der Waals surface area contributed by atoms with E-state index in [0.717, 1.165) is 13.1 Å². The van der Waals surface area contributed by atoms with Gasteiger partial charge in [-0.25, -0.2) is 0 Å². The zero-order chi connectivity index (χ0) is 7.40. The second kappa shape index (κ2) is 3.74. The van der Waals surface area contributed by atoms with Crippen LogP contribution in [-0.4, -0.2) is 25.3 Å². The van der Waals surface area contributed by atoms with Gasteiger partial charge < -0.3 is 4.84 Å². The van der Waals surface area contributed by atoms with E-state index in [9.17, 15) is 0 Å². The van der Waals surface area contributed by atoms with Crippen LogP contribution in [0.25, 0.3) is 0 Å². The van der Waals surface area contributed by atoms with E-state index in [4.69, 9.17) is 4.84 Å². The van der Waals surface area contributed by atoms with Gasteiger partial charge in [0.15, 0.2) is 0 Å². The van der Waals surface area contributed by atoms with Gasteiger partial charge in [0.25, 0.3) is 0 Å². The number of rotatable bonds is 1. The van der Waals surface area contributed by atoms with Crippen molar-refractivity contribution in [3.8, 4) is 0 Å². The van der Waals surface area contributed by atoms with E-state index in [1.807, 2.05) is 5.06 Å². The Morgan fingerprint density at radius 1 is 1.40 bits per heavy atom. The summed E-state index contributed by atoms with van der Waals surface area (Å²) >= 11 is 0. The van der Waals surface area contributed by atoms with Crippen molar-refractivity contribution in [3.63, 3.8) is 0 Å². The molecule has 1 heterocycles. The number of hydroxylamine groups is 2. The van der Waals surface area contributed by atoms with Crippen molar-refractivity contribution >= 4 is 0 Å². The molecule has 0 spiro atoms. The van der Waals surface area contributed by atoms with Gasteiger partial charge in [-0.2, -0.15) is 5.06 Å². The Hall–Kier alpha value is -0.340. The van der Waals surface area contributed by atoms with Crippen molar-refractivity contribution in [1.29, 1.82) is 0 Å². The molecule has 1 rings (SSSR count). The Balaban J connectivity index is 2.31. The summed E-state index contributed by atoms with van der Waals surface area (Å²) in [6, 6.07) is 0. The van der Waals surface area contributed by atoms with Crippen LogP contribution in [0.15, 0.2) is 11.6 Å². The largest absolute Gasteiger partial charge is 0.302 e. The first-order valence-electron chi connectivity index (χ1n) is 3.80. The summed E-state index contributed by atoms with van der Waals surface area (Å²) < 4.78 is 0. The molecule has 0 aliphatic carbocycles. The van der Waals surface area contributed by atoms with Gasteiger partial charge in [0.05, 0.1) is 7.11 Å². The van der Waals surface area contributed by atoms with Gasteiger partial charge in [0.1, 0.15) is 0 Å². The van der Waals surface area contributed by atoms with Gasteiger partial charge in [-0.1, -0.05) is 11.6 Å². The maximum absolute atomic E-state index is 5.09. The van der Waals surface area contributed by atoms with Crippen LogP contribution in [-0.2, 0) is 4.84 Å². The number of piperidine rings is 1. The lowest BCUT2D eigenvalue weighted by Gasteiger charge is -2.25. The lowest BCUT2D eigenvalue weighted by atomic mass is 10.1. The third-order valence-electron chi connectivity index (χ3n) is 2.03. The maximum atomic E-state index is 5.09. The van der Waals surface area contributed by atoms with Gasteiger partial charge in [-0.05, 0) is 19.8 Å². The Kier molecular flexibility index (Phi) is 2.90. The summed E-state index contributed by atoms with van der Waals surface area (Å²) in [5.74, 6) is 0. The van der Waals surface area contributed by atoms with E-state index in [0.29, 0.717) is 0 Å². The normalized spacial score (nSPS) is 21.2. The first kappa shape index (κ1) is 7.76. The van der Waals surface area contributed by atoms with Crippen molar-refractivity contribution in [2.24, 2.45) is 0 Å². The van der Waals surface area contributed by atoms with Crippen LogP contribution in [0.2, 0.25) is 0 Å². The minimum atomic E-state index is 1.05. The standard InChI is InChI=1S/C8H15NO/c1-3-8-4-6-9(10-2)7-5-8/h3H,4-7H2,1-2H3. The molecule has 0 bridgehead atoms. The van der Waals surface area contributed by atoms with Crippen molar-refractivity contribution in [2.45, 2.75) is 19.8 Å². The van der Waals surface area contributed by atoms with Gasteiger partial charge in [-0.15, -0.1) is 0 Å². The molecular formula is C8H15NO. The topological polar surface area (TPSA) is 12.5 Å². The number of nitrogens with zero attached hydrogens (tertiary/aromatic N) is 1. The predicted molar refractivity (Wildman–Crippen MR) is 41.6 cm³/mol. The molecule has 1 fully saturated rings. The molecule has 1 saturated heterocycles. The molecule has 0 aromatic carbocycles. The van der Waals surface area contributed by atoms with Gasteiger partial charge in [0, 0.05) is 13.1 Å². The zero-order valence-electron chi connectivity index (χ0n) is 6.76. The minimum Gasteiger partial charge on any atom is -0.302 e. The van der Waals surface area contributed by atoms with Gasteiger partial charge in [-0.3, -0.25) is 0 Å². The average Bonchev–Trinajstić information content (AvgIpc) is 2.05. The van der Waals surface area contributed by atoms with Crippen LogP contribution >= 0.6 is 0 Å². The lowest BCUT2D eigenvalue weighted by molar-refractivity contribution is -0.135. The van der Waals surface area contributed by atoms with E-state index < -0.39 is 0 Å². The van der Waals surface area contributed by atoms with E-state index in [-0.39, 0.29) is 0 Å². The molecule has 0 saturated carbocycles. The van der Waals surface area contributed by atoms with Crippen LogP contribution in [0.5, 0.6) is 0 Å². The quantitative estimate of drug-likeness (QED) is 0.514. The second-order valence-corrected chi connectivity index (χ2v) is 2.56. The summed E-state index contributed by atoms with van der Waals surface area (Å²) in [6.07, 6.45) is 4.56. The smallest absolute Gasteiger partial charge is 0.0575 e. The van der Waals surface area contributed by atoms with E-state index in [2.05, 4.69) is 13.0 Å². The van der Waals surface area contributed by atoms with Crippen molar-refractivity contribution in [1.82, 2.24) is 5.06 Å². The Morgan fingerprint density at radius 3 is 2.40 bits per heavy atom. The molecule has 0 amide bonds. The molecule has 0 N–H and O–H groups in total. The van der Waals surface area contributed by atoms with Crippen molar-refractivity contribution in [2.75, 3.05) is 20.2 Å². The summed E-state index contributed by atoms with van der Waals surface area (Å²) in [5.41, 5.74) is 1.56. The Labute approximate surface area is 62.4 Å². The molecule has 0 radical (unpaired) electrons. The first-order chi connectivity index (χ1) is 4.86. The predicted octanol–water partition coefficient (Wildman–Crippen LogP) is 1.59. The van der Waals surface area contributed by atoms with Crippen LogP contribution in [0.4, 0.5) is 0 Å². The Bertz CT molecular complexity index is 121. The second-order valence-electron chi connectivity index (χ2n) is 2.56. The van der Waals surface area contributed by atoms with Gasteiger partial charge in [0.2, 0.25) is 0 Å². The van der Waals surface area contributed by atoms with Crippen LogP contribution < -0.4 is 0 Å². The molecule has 2 heteroatoms. The third-order valence-corrected chi connectivity index (χ3v) is 2.03.